The van der Waals surface area contributed by atoms with E-state index in [9.17, 15) is 0 Å². The molecule has 0 saturated carbocycles. The van der Waals surface area contributed by atoms with Gasteiger partial charge in [-0.1, -0.05) is 0 Å². The van der Waals surface area contributed by atoms with E-state index < -0.39 is 26.2 Å². The molecule has 4 nitrogen and oxygen atoms in total. The highest BCUT2D eigenvalue weighted by atomic mass is 28.4. The van der Waals surface area contributed by atoms with Gasteiger partial charge in [0.2, 0.25) is 0 Å². The van der Waals surface area contributed by atoms with Gasteiger partial charge in [0.25, 0.3) is 0 Å². The molecule has 0 aromatic rings. The van der Waals surface area contributed by atoms with Crippen LogP contribution in [0.4, 0.5) is 0 Å². The molecule has 0 heterocycles. The summed E-state index contributed by atoms with van der Waals surface area (Å²) in [5.74, 6) is 0. The largest absolute Gasteiger partial charge is 0.500 e. The van der Waals surface area contributed by atoms with E-state index in [1.54, 1.807) is 0 Å². The van der Waals surface area contributed by atoms with Crippen molar-refractivity contribution in [3.05, 3.63) is 0 Å². The molecular weight excluding hydrogens is 292 g/mol. The first-order valence-electron chi connectivity index (χ1n) is 7.22. The van der Waals surface area contributed by atoms with E-state index in [-0.39, 0.29) is 0 Å². The van der Waals surface area contributed by atoms with Crippen LogP contribution in [0.25, 0.3) is 0 Å². The number of hydrogen-bond donors (Lipinski definition) is 0. The summed E-state index contributed by atoms with van der Waals surface area (Å²) >= 11 is 0. The lowest BCUT2D eigenvalue weighted by atomic mass is 10.9. The topological polar surface area (TPSA) is 36.9 Å². The van der Waals surface area contributed by atoms with Gasteiger partial charge in [-0.3, -0.25) is 0 Å². The Balaban J connectivity index is 4.61. The van der Waals surface area contributed by atoms with E-state index in [0.29, 0.717) is 19.8 Å². The van der Waals surface area contributed by atoms with E-state index in [1.807, 2.05) is 20.8 Å². The van der Waals surface area contributed by atoms with E-state index in [1.165, 1.54) is 0 Å². The van der Waals surface area contributed by atoms with Gasteiger partial charge < -0.3 is 17.4 Å². The average Bonchev–Trinajstić information content (AvgIpc) is 2.26. The Labute approximate surface area is 123 Å². The van der Waals surface area contributed by atoms with Crippen LogP contribution in [0.2, 0.25) is 38.3 Å². The van der Waals surface area contributed by atoms with Crippen molar-refractivity contribution in [3.63, 3.8) is 0 Å². The second-order valence-corrected chi connectivity index (χ2v) is 14.6. The lowest BCUT2D eigenvalue weighted by molar-refractivity contribution is 0.0723. The molecule has 19 heavy (non-hydrogen) atoms. The van der Waals surface area contributed by atoms with Crippen LogP contribution >= 0.6 is 0 Å². The molecule has 0 saturated heterocycles. The lowest BCUT2D eigenvalue weighted by Gasteiger charge is -2.32. The Kier molecular flexibility index (Phi) is 9.67. The average molecular weight is 324 g/mol. The minimum Gasteiger partial charge on any atom is -0.456 e. The maximum atomic E-state index is 6.16. The van der Waals surface area contributed by atoms with Crippen LogP contribution in [-0.4, -0.2) is 46.0 Å². The minimum absolute atomic E-state index is 0.640. The van der Waals surface area contributed by atoms with Crippen molar-refractivity contribution >= 4 is 26.2 Å². The SMILES string of the molecule is CCO[Si](CC[Si](C)(C)O[Si](C)C)(OCC)OCC. The molecule has 0 aliphatic rings. The molecule has 0 atom stereocenters. The van der Waals surface area contributed by atoms with Crippen molar-refractivity contribution in [2.45, 2.75) is 59.0 Å². The van der Waals surface area contributed by atoms with Crippen LogP contribution < -0.4 is 0 Å². The Morgan fingerprint density at radius 1 is 0.789 bits per heavy atom. The molecule has 0 aliphatic carbocycles. The fourth-order valence-corrected chi connectivity index (χ4v) is 12.5. The number of hydrogen-bond acceptors (Lipinski definition) is 4. The highest BCUT2D eigenvalue weighted by molar-refractivity contribution is 6.79. The van der Waals surface area contributed by atoms with E-state index in [0.717, 1.165) is 12.1 Å². The van der Waals surface area contributed by atoms with Gasteiger partial charge in [0.15, 0.2) is 17.4 Å². The third kappa shape index (κ3) is 8.38. The van der Waals surface area contributed by atoms with Crippen LogP contribution in [0.5, 0.6) is 0 Å². The highest BCUT2D eigenvalue weighted by Crippen LogP contribution is 2.24. The molecule has 0 aliphatic heterocycles. The van der Waals surface area contributed by atoms with E-state index in [2.05, 4.69) is 26.2 Å². The summed E-state index contributed by atoms with van der Waals surface area (Å²) < 4.78 is 23.8. The molecule has 0 N–H and O–H groups in total. The molecule has 0 unspecified atom stereocenters. The molecule has 0 spiro atoms. The minimum atomic E-state index is -2.49. The third-order valence-electron chi connectivity index (χ3n) is 2.61. The van der Waals surface area contributed by atoms with Gasteiger partial charge in [0, 0.05) is 25.9 Å². The Morgan fingerprint density at radius 2 is 1.21 bits per heavy atom. The van der Waals surface area contributed by atoms with E-state index >= 15 is 0 Å². The molecule has 0 aromatic heterocycles. The molecule has 0 rings (SSSR count). The van der Waals surface area contributed by atoms with Gasteiger partial charge in [-0.05, 0) is 53.0 Å². The predicted octanol–water partition coefficient (Wildman–Crippen LogP) is 3.51. The normalized spacial score (nSPS) is 13.3. The van der Waals surface area contributed by atoms with Crippen LogP contribution in [0.1, 0.15) is 20.8 Å². The fourth-order valence-electron chi connectivity index (χ4n) is 2.06. The smallest absolute Gasteiger partial charge is 0.456 e. The van der Waals surface area contributed by atoms with Gasteiger partial charge >= 0.3 is 8.80 Å². The quantitative estimate of drug-likeness (QED) is 0.545. The molecule has 0 fully saturated rings. The molecule has 0 amide bonds. The van der Waals surface area contributed by atoms with Crippen molar-refractivity contribution in [2.75, 3.05) is 19.8 Å². The van der Waals surface area contributed by atoms with E-state index in [4.69, 9.17) is 17.4 Å². The van der Waals surface area contributed by atoms with Crippen molar-refractivity contribution < 1.29 is 17.4 Å². The lowest BCUT2D eigenvalue weighted by Crippen LogP contribution is -2.48. The molecule has 1 radical (unpaired) electrons. The van der Waals surface area contributed by atoms with Crippen molar-refractivity contribution in [2.24, 2.45) is 0 Å². The zero-order chi connectivity index (χ0) is 14.9. The maximum Gasteiger partial charge on any atom is 0.500 e. The third-order valence-corrected chi connectivity index (χ3v) is 11.5. The first-order chi connectivity index (χ1) is 8.81. The Bertz CT molecular complexity index is 220. The van der Waals surface area contributed by atoms with Gasteiger partial charge in [-0.25, -0.2) is 0 Å². The van der Waals surface area contributed by atoms with Gasteiger partial charge in [-0.2, -0.15) is 0 Å². The van der Waals surface area contributed by atoms with Crippen LogP contribution in [-0.2, 0) is 17.4 Å². The summed E-state index contributed by atoms with van der Waals surface area (Å²) in [7, 11) is -4.75. The maximum absolute atomic E-state index is 6.16. The highest BCUT2D eigenvalue weighted by Gasteiger charge is 2.42. The second kappa shape index (κ2) is 9.43. The molecule has 7 heteroatoms. The van der Waals surface area contributed by atoms with Gasteiger partial charge in [0.05, 0.1) is 0 Å². The zero-order valence-electron chi connectivity index (χ0n) is 13.7. The van der Waals surface area contributed by atoms with Crippen molar-refractivity contribution in [1.29, 1.82) is 0 Å². The van der Waals surface area contributed by atoms with Crippen LogP contribution in [0.15, 0.2) is 0 Å². The molecule has 115 valence electrons. The van der Waals surface area contributed by atoms with Crippen LogP contribution in [0.3, 0.4) is 0 Å². The molecule has 0 bridgehead atoms. The summed E-state index contributed by atoms with van der Waals surface area (Å²) in [6.07, 6.45) is 0. The molecule has 0 aromatic carbocycles. The Morgan fingerprint density at radius 3 is 1.53 bits per heavy atom. The fraction of sp³-hybridized carbons (Fsp3) is 1.00. The summed E-state index contributed by atoms with van der Waals surface area (Å²) in [5.41, 5.74) is 0. The summed E-state index contributed by atoms with van der Waals surface area (Å²) in [4.78, 5) is 0. The van der Waals surface area contributed by atoms with Crippen molar-refractivity contribution in [1.82, 2.24) is 0 Å². The van der Waals surface area contributed by atoms with Gasteiger partial charge in [0.1, 0.15) is 0 Å². The van der Waals surface area contributed by atoms with Crippen LogP contribution in [0, 0.1) is 0 Å². The molecular formula is C12H31O4Si3. The Hall–Kier alpha value is 0.491. The predicted molar refractivity (Wildman–Crippen MR) is 86.3 cm³/mol. The van der Waals surface area contributed by atoms with Gasteiger partial charge in [-0.15, -0.1) is 0 Å². The second-order valence-electron chi connectivity index (χ2n) is 5.25. The summed E-state index contributed by atoms with van der Waals surface area (Å²) in [5, 5.41) is 0. The summed E-state index contributed by atoms with van der Waals surface area (Å²) in [6.45, 7) is 16.9. The number of rotatable bonds is 11. The monoisotopic (exact) mass is 323 g/mol. The summed E-state index contributed by atoms with van der Waals surface area (Å²) in [6, 6.07) is 1.91. The first-order valence-corrected chi connectivity index (χ1v) is 14.7. The standard InChI is InChI=1S/C12H31O4Si3/c1-8-13-19(14-9-2,15-10-3)12-11-18(6,7)16-17(4)5/h8-12H2,1-7H3. The zero-order valence-corrected chi connectivity index (χ0v) is 16.7. The van der Waals surface area contributed by atoms with Crippen molar-refractivity contribution in [3.8, 4) is 0 Å². The first kappa shape index (κ1) is 19.5.